The van der Waals surface area contributed by atoms with Crippen molar-refractivity contribution in [3.8, 4) is 0 Å². The number of nitrogens with one attached hydrogen (secondary N) is 1. The molecule has 0 aliphatic carbocycles. The highest BCUT2D eigenvalue weighted by atomic mass is 19.4. The highest BCUT2D eigenvalue weighted by molar-refractivity contribution is 5.22. The van der Waals surface area contributed by atoms with Crippen LogP contribution in [0.3, 0.4) is 0 Å². The number of alkyl halides is 3. The van der Waals surface area contributed by atoms with Gasteiger partial charge in [-0.05, 0) is 38.3 Å². The van der Waals surface area contributed by atoms with Crippen molar-refractivity contribution in [2.75, 3.05) is 6.54 Å². The third kappa shape index (κ3) is 7.21. The van der Waals surface area contributed by atoms with E-state index in [1.807, 2.05) is 32.0 Å². The second-order valence-corrected chi connectivity index (χ2v) is 4.96. The van der Waals surface area contributed by atoms with Gasteiger partial charge < -0.3 is 5.32 Å². The number of rotatable bonds is 7. The number of likely N-dealkylation sites (N-methyl/N-ethyl adjacent to an activating group) is 1. The maximum atomic E-state index is 12.2. The molecule has 0 saturated heterocycles. The van der Waals surface area contributed by atoms with Gasteiger partial charge in [-0.25, -0.2) is 0 Å². The molecule has 0 aromatic heterocycles. The predicted molar refractivity (Wildman–Crippen MR) is 72.3 cm³/mol. The molecular weight excluding hydrogens is 251 g/mol. The number of hydrogen-bond acceptors (Lipinski definition) is 1. The molecule has 1 nitrogen and oxygen atoms in total. The Morgan fingerprint density at radius 2 is 2.00 bits per heavy atom. The van der Waals surface area contributed by atoms with Gasteiger partial charge in [0, 0.05) is 12.5 Å². The van der Waals surface area contributed by atoms with Crippen LogP contribution in [0.15, 0.2) is 24.3 Å². The molecule has 0 saturated carbocycles. The maximum Gasteiger partial charge on any atom is 0.389 e. The summed E-state index contributed by atoms with van der Waals surface area (Å²) in [6.07, 6.45) is -3.20. The quantitative estimate of drug-likeness (QED) is 0.783. The van der Waals surface area contributed by atoms with Crippen molar-refractivity contribution in [1.82, 2.24) is 5.32 Å². The van der Waals surface area contributed by atoms with Crippen molar-refractivity contribution >= 4 is 0 Å². The van der Waals surface area contributed by atoms with Crippen LogP contribution in [0.4, 0.5) is 13.2 Å². The Morgan fingerprint density at radius 3 is 2.58 bits per heavy atom. The molecule has 1 rings (SSSR count). The first kappa shape index (κ1) is 16.0. The zero-order chi connectivity index (χ0) is 14.3. The number of aryl methyl sites for hydroxylation is 1. The van der Waals surface area contributed by atoms with Crippen molar-refractivity contribution in [3.63, 3.8) is 0 Å². The Morgan fingerprint density at radius 1 is 1.26 bits per heavy atom. The van der Waals surface area contributed by atoms with E-state index in [4.69, 9.17) is 0 Å². The van der Waals surface area contributed by atoms with Crippen molar-refractivity contribution in [3.05, 3.63) is 35.4 Å². The van der Waals surface area contributed by atoms with Crippen molar-refractivity contribution < 1.29 is 13.2 Å². The summed E-state index contributed by atoms with van der Waals surface area (Å²) >= 11 is 0. The van der Waals surface area contributed by atoms with Crippen LogP contribution in [-0.4, -0.2) is 18.8 Å². The van der Waals surface area contributed by atoms with Crippen molar-refractivity contribution in [2.45, 2.75) is 51.7 Å². The third-order valence-corrected chi connectivity index (χ3v) is 3.07. The van der Waals surface area contributed by atoms with Gasteiger partial charge in [0.1, 0.15) is 0 Å². The van der Waals surface area contributed by atoms with E-state index in [0.29, 0.717) is 6.42 Å². The Hall–Kier alpha value is -1.03. The third-order valence-electron chi connectivity index (χ3n) is 3.07. The summed E-state index contributed by atoms with van der Waals surface area (Å²) in [6.45, 7) is 4.78. The fourth-order valence-corrected chi connectivity index (χ4v) is 2.24. The number of halogens is 3. The molecule has 0 aliphatic rings. The second kappa shape index (κ2) is 7.53. The summed E-state index contributed by atoms with van der Waals surface area (Å²) in [5.41, 5.74) is 2.36. The van der Waals surface area contributed by atoms with Crippen molar-refractivity contribution in [2.24, 2.45) is 0 Å². The average molecular weight is 273 g/mol. The van der Waals surface area contributed by atoms with Gasteiger partial charge >= 0.3 is 6.18 Å². The van der Waals surface area contributed by atoms with Gasteiger partial charge in [0.25, 0.3) is 0 Å². The Kier molecular flexibility index (Phi) is 6.35. The lowest BCUT2D eigenvalue weighted by Crippen LogP contribution is -2.31. The summed E-state index contributed by atoms with van der Waals surface area (Å²) < 4.78 is 36.5. The molecule has 1 aromatic carbocycles. The largest absolute Gasteiger partial charge is 0.389 e. The Balaban J connectivity index is 2.48. The van der Waals surface area contributed by atoms with E-state index < -0.39 is 12.6 Å². The summed E-state index contributed by atoms with van der Waals surface area (Å²) in [5.74, 6) is 0. The monoisotopic (exact) mass is 273 g/mol. The zero-order valence-electron chi connectivity index (χ0n) is 11.6. The van der Waals surface area contributed by atoms with E-state index >= 15 is 0 Å². The first-order valence-electron chi connectivity index (χ1n) is 6.76. The van der Waals surface area contributed by atoms with Crippen LogP contribution in [0.2, 0.25) is 0 Å². The molecule has 1 unspecified atom stereocenters. The van der Waals surface area contributed by atoms with Crippen LogP contribution < -0.4 is 5.32 Å². The molecule has 0 amide bonds. The van der Waals surface area contributed by atoms with Crippen LogP contribution in [0.5, 0.6) is 0 Å². The summed E-state index contributed by atoms with van der Waals surface area (Å²) in [7, 11) is 0. The normalized spacial score (nSPS) is 13.5. The molecule has 0 spiro atoms. The fourth-order valence-electron chi connectivity index (χ4n) is 2.24. The molecule has 19 heavy (non-hydrogen) atoms. The van der Waals surface area contributed by atoms with Gasteiger partial charge in [-0.2, -0.15) is 13.2 Å². The van der Waals surface area contributed by atoms with E-state index in [2.05, 4.69) is 11.4 Å². The smallest absolute Gasteiger partial charge is 0.314 e. The lowest BCUT2D eigenvalue weighted by Gasteiger charge is -2.18. The highest BCUT2D eigenvalue weighted by Crippen LogP contribution is 2.23. The minimum atomic E-state index is -4.04. The zero-order valence-corrected chi connectivity index (χ0v) is 11.6. The molecule has 108 valence electrons. The maximum absolute atomic E-state index is 12.2. The SMILES string of the molecule is CCNC(CCCC(F)(F)F)Cc1cccc(C)c1. The van der Waals surface area contributed by atoms with E-state index in [-0.39, 0.29) is 12.5 Å². The highest BCUT2D eigenvalue weighted by Gasteiger charge is 2.26. The molecule has 1 aromatic rings. The van der Waals surface area contributed by atoms with E-state index in [1.54, 1.807) is 0 Å². The lowest BCUT2D eigenvalue weighted by atomic mass is 9.99. The minimum Gasteiger partial charge on any atom is -0.314 e. The average Bonchev–Trinajstić information content (AvgIpc) is 2.27. The number of hydrogen-bond donors (Lipinski definition) is 1. The van der Waals surface area contributed by atoms with Gasteiger partial charge in [-0.3, -0.25) is 0 Å². The summed E-state index contributed by atoms with van der Waals surface area (Å²) in [5, 5.41) is 3.27. The van der Waals surface area contributed by atoms with E-state index in [0.717, 1.165) is 13.0 Å². The van der Waals surface area contributed by atoms with Crippen LogP contribution in [0.1, 0.15) is 37.3 Å². The molecule has 0 aliphatic heterocycles. The Labute approximate surface area is 113 Å². The molecular formula is C15H22F3N. The van der Waals surface area contributed by atoms with Crippen molar-refractivity contribution in [1.29, 1.82) is 0 Å². The standard InChI is InChI=1S/C15H22F3N/c1-3-19-14(8-5-9-15(16,17)18)11-13-7-4-6-12(2)10-13/h4,6-7,10,14,19H,3,5,8-9,11H2,1-2H3. The van der Waals surface area contributed by atoms with Crippen LogP contribution in [0, 0.1) is 6.92 Å². The van der Waals surface area contributed by atoms with Crippen LogP contribution >= 0.6 is 0 Å². The number of benzene rings is 1. The Bertz CT molecular complexity index is 374. The van der Waals surface area contributed by atoms with Crippen LogP contribution in [0.25, 0.3) is 0 Å². The molecule has 0 fully saturated rings. The fraction of sp³-hybridized carbons (Fsp3) is 0.600. The predicted octanol–water partition coefficient (Wildman–Crippen LogP) is 4.25. The topological polar surface area (TPSA) is 12.0 Å². The van der Waals surface area contributed by atoms with Gasteiger partial charge in [0.2, 0.25) is 0 Å². The lowest BCUT2D eigenvalue weighted by molar-refractivity contribution is -0.135. The van der Waals surface area contributed by atoms with Crippen LogP contribution in [-0.2, 0) is 6.42 Å². The second-order valence-electron chi connectivity index (χ2n) is 4.96. The summed E-state index contributed by atoms with van der Waals surface area (Å²) in [6, 6.07) is 8.25. The van der Waals surface area contributed by atoms with Gasteiger partial charge in [0.05, 0.1) is 0 Å². The summed E-state index contributed by atoms with van der Waals surface area (Å²) in [4.78, 5) is 0. The van der Waals surface area contributed by atoms with Gasteiger partial charge in [0.15, 0.2) is 0 Å². The first-order valence-corrected chi connectivity index (χ1v) is 6.76. The molecule has 1 atom stereocenters. The molecule has 0 radical (unpaired) electrons. The first-order chi connectivity index (χ1) is 8.90. The molecule has 0 bridgehead atoms. The van der Waals surface area contributed by atoms with Gasteiger partial charge in [-0.15, -0.1) is 0 Å². The molecule has 4 heteroatoms. The minimum absolute atomic E-state index is 0.120. The van der Waals surface area contributed by atoms with E-state index in [1.165, 1.54) is 11.1 Å². The molecule has 0 heterocycles. The van der Waals surface area contributed by atoms with Gasteiger partial charge in [-0.1, -0.05) is 36.8 Å². The molecule has 1 N–H and O–H groups in total. The van der Waals surface area contributed by atoms with E-state index in [9.17, 15) is 13.2 Å².